The molecule has 0 radical (unpaired) electrons. The van der Waals surface area contributed by atoms with E-state index in [0.29, 0.717) is 11.3 Å². The van der Waals surface area contributed by atoms with E-state index in [4.69, 9.17) is 9.15 Å². The molecule has 8 nitrogen and oxygen atoms in total. The molecule has 9 heteroatoms. The number of nitrogens with one attached hydrogen (secondary N) is 1. The molecule has 0 spiro atoms. The number of nitrogens with zero attached hydrogens (tertiary/aromatic N) is 2. The summed E-state index contributed by atoms with van der Waals surface area (Å²) in [6.45, 7) is 0. The molecule has 3 aromatic rings. The first-order valence-electron chi connectivity index (χ1n) is 8.53. The van der Waals surface area contributed by atoms with Crippen molar-refractivity contribution in [3.63, 3.8) is 0 Å². The molecule has 2 aromatic carbocycles. The quantitative estimate of drug-likeness (QED) is 0.277. The predicted molar refractivity (Wildman–Crippen MR) is 106 cm³/mol. The van der Waals surface area contributed by atoms with Crippen LogP contribution in [0.5, 0.6) is 5.75 Å². The number of rotatable bonds is 6. The third-order valence-electron chi connectivity index (χ3n) is 4.06. The molecule has 1 heterocycles. The van der Waals surface area contributed by atoms with E-state index < -0.39 is 16.6 Å². The molecule has 0 aliphatic carbocycles. The smallest absolute Gasteiger partial charge is 0.273 e. The summed E-state index contributed by atoms with van der Waals surface area (Å²) in [5.41, 5.74) is -0.0369. The van der Waals surface area contributed by atoms with Crippen LogP contribution in [0, 0.1) is 27.3 Å². The first-order valence-corrected chi connectivity index (χ1v) is 8.53. The Morgan fingerprint density at radius 2 is 2.03 bits per heavy atom. The SMILES string of the molecule is COc1cc([N+](=O)[O-])ccc1-c1ccc(/C=C(/C#N)C(=O)Nc2ccccc2F)o1. The maximum absolute atomic E-state index is 13.7. The summed E-state index contributed by atoms with van der Waals surface area (Å²) in [4.78, 5) is 22.7. The molecule has 30 heavy (non-hydrogen) atoms. The number of hydrogen-bond acceptors (Lipinski definition) is 6. The Bertz CT molecular complexity index is 1190. The number of methoxy groups -OCH3 is 1. The first kappa shape index (κ1) is 20.3. The number of nitriles is 1. The maximum Gasteiger partial charge on any atom is 0.273 e. The number of ether oxygens (including phenoxy) is 1. The highest BCUT2D eigenvalue weighted by Gasteiger charge is 2.16. The van der Waals surface area contributed by atoms with Gasteiger partial charge in [-0.3, -0.25) is 14.9 Å². The van der Waals surface area contributed by atoms with Crippen LogP contribution in [0.4, 0.5) is 15.8 Å². The molecule has 1 N–H and O–H groups in total. The summed E-state index contributed by atoms with van der Waals surface area (Å²) >= 11 is 0. The molecular weight excluding hydrogens is 393 g/mol. The molecule has 0 saturated carbocycles. The number of anilines is 1. The van der Waals surface area contributed by atoms with E-state index in [1.54, 1.807) is 18.2 Å². The Morgan fingerprint density at radius 3 is 2.70 bits per heavy atom. The van der Waals surface area contributed by atoms with Crippen molar-refractivity contribution in [1.29, 1.82) is 5.26 Å². The highest BCUT2D eigenvalue weighted by atomic mass is 19.1. The fourth-order valence-electron chi connectivity index (χ4n) is 2.62. The van der Waals surface area contributed by atoms with Crippen LogP contribution in [0.2, 0.25) is 0 Å². The summed E-state index contributed by atoms with van der Waals surface area (Å²) < 4.78 is 24.5. The summed E-state index contributed by atoms with van der Waals surface area (Å²) in [5, 5.41) is 22.5. The molecule has 0 atom stereocenters. The Labute approximate surface area is 170 Å². The zero-order chi connectivity index (χ0) is 21.7. The Hall–Kier alpha value is -4.45. The van der Waals surface area contributed by atoms with Gasteiger partial charge in [-0.05, 0) is 30.3 Å². The van der Waals surface area contributed by atoms with Crippen molar-refractivity contribution >= 4 is 23.4 Å². The van der Waals surface area contributed by atoms with Crippen molar-refractivity contribution in [2.45, 2.75) is 0 Å². The summed E-state index contributed by atoms with van der Waals surface area (Å²) in [5.74, 6) is -0.695. The van der Waals surface area contributed by atoms with Gasteiger partial charge in [0, 0.05) is 12.1 Å². The van der Waals surface area contributed by atoms with E-state index in [1.165, 1.54) is 55.7 Å². The van der Waals surface area contributed by atoms with Crippen molar-refractivity contribution in [2.75, 3.05) is 12.4 Å². The lowest BCUT2D eigenvalue weighted by Crippen LogP contribution is -2.14. The van der Waals surface area contributed by atoms with Gasteiger partial charge in [0.25, 0.3) is 11.6 Å². The number of carbonyl (C=O) groups is 1. The predicted octanol–water partition coefficient (Wildman–Crippen LogP) is 4.55. The van der Waals surface area contributed by atoms with Crippen LogP contribution in [0.15, 0.2) is 64.6 Å². The van der Waals surface area contributed by atoms with E-state index in [1.807, 2.05) is 0 Å². The Kier molecular flexibility index (Phi) is 5.89. The van der Waals surface area contributed by atoms with Crippen LogP contribution < -0.4 is 10.1 Å². The lowest BCUT2D eigenvalue weighted by molar-refractivity contribution is -0.384. The molecule has 0 aliphatic heterocycles. The van der Waals surface area contributed by atoms with Crippen LogP contribution in [0.1, 0.15) is 5.76 Å². The third-order valence-corrected chi connectivity index (χ3v) is 4.06. The zero-order valence-electron chi connectivity index (χ0n) is 15.6. The average Bonchev–Trinajstić information content (AvgIpc) is 3.21. The lowest BCUT2D eigenvalue weighted by Gasteiger charge is -2.06. The van der Waals surface area contributed by atoms with E-state index in [0.717, 1.165) is 0 Å². The topological polar surface area (TPSA) is 118 Å². The van der Waals surface area contributed by atoms with Crippen molar-refractivity contribution in [3.8, 4) is 23.1 Å². The van der Waals surface area contributed by atoms with Crippen LogP contribution in [-0.2, 0) is 4.79 Å². The number of nitro benzene ring substituents is 1. The van der Waals surface area contributed by atoms with Crippen molar-refractivity contribution in [1.82, 2.24) is 0 Å². The number of hydrogen-bond donors (Lipinski definition) is 1. The fourth-order valence-corrected chi connectivity index (χ4v) is 2.62. The summed E-state index contributed by atoms with van der Waals surface area (Å²) in [6, 6.07) is 14.4. The second-order valence-corrected chi connectivity index (χ2v) is 5.95. The van der Waals surface area contributed by atoms with Crippen LogP contribution in [0.25, 0.3) is 17.4 Å². The maximum atomic E-state index is 13.7. The zero-order valence-corrected chi connectivity index (χ0v) is 15.6. The van der Waals surface area contributed by atoms with Crippen molar-refractivity contribution < 1.29 is 23.3 Å². The second-order valence-electron chi connectivity index (χ2n) is 5.95. The minimum atomic E-state index is -0.798. The molecule has 0 aliphatic rings. The number of furan rings is 1. The van der Waals surface area contributed by atoms with E-state index in [9.17, 15) is 24.6 Å². The minimum Gasteiger partial charge on any atom is -0.496 e. The molecule has 1 amide bonds. The molecule has 0 unspecified atom stereocenters. The van der Waals surface area contributed by atoms with Gasteiger partial charge in [-0.25, -0.2) is 4.39 Å². The van der Waals surface area contributed by atoms with Crippen molar-refractivity contribution in [3.05, 3.63) is 81.9 Å². The van der Waals surface area contributed by atoms with Gasteiger partial charge in [-0.2, -0.15) is 5.26 Å². The van der Waals surface area contributed by atoms with Gasteiger partial charge in [0.15, 0.2) is 0 Å². The standard InChI is InChI=1S/C21H14FN3O5/c1-29-20-11-14(25(27)28)6-8-16(20)19-9-7-15(30-19)10-13(12-23)21(26)24-18-5-3-2-4-17(18)22/h2-11H,1H3,(H,24,26)/b13-10-. The molecule has 150 valence electrons. The molecular formula is C21H14FN3O5. The lowest BCUT2D eigenvalue weighted by atomic mass is 10.1. The van der Waals surface area contributed by atoms with Gasteiger partial charge in [0.2, 0.25) is 0 Å². The van der Waals surface area contributed by atoms with Crippen LogP contribution in [-0.4, -0.2) is 17.9 Å². The normalized spacial score (nSPS) is 10.9. The highest BCUT2D eigenvalue weighted by Crippen LogP contribution is 2.34. The first-order chi connectivity index (χ1) is 14.4. The van der Waals surface area contributed by atoms with Gasteiger partial charge in [0.05, 0.1) is 29.4 Å². The van der Waals surface area contributed by atoms with Gasteiger partial charge in [0.1, 0.15) is 34.7 Å². The largest absolute Gasteiger partial charge is 0.496 e. The monoisotopic (exact) mass is 407 g/mol. The molecule has 3 rings (SSSR count). The van der Waals surface area contributed by atoms with Gasteiger partial charge in [-0.15, -0.1) is 0 Å². The third kappa shape index (κ3) is 4.34. The average molecular weight is 407 g/mol. The number of nitro groups is 1. The number of carbonyl (C=O) groups excluding carboxylic acids is 1. The molecule has 0 bridgehead atoms. The number of halogens is 1. The summed E-state index contributed by atoms with van der Waals surface area (Å²) in [7, 11) is 1.37. The van der Waals surface area contributed by atoms with Crippen LogP contribution >= 0.6 is 0 Å². The molecule has 0 saturated heterocycles. The van der Waals surface area contributed by atoms with Gasteiger partial charge >= 0.3 is 0 Å². The van der Waals surface area contributed by atoms with E-state index >= 15 is 0 Å². The van der Waals surface area contributed by atoms with Crippen LogP contribution in [0.3, 0.4) is 0 Å². The minimum absolute atomic E-state index is 0.0561. The van der Waals surface area contributed by atoms with E-state index in [2.05, 4.69) is 5.32 Å². The van der Waals surface area contributed by atoms with Gasteiger partial charge < -0.3 is 14.5 Å². The summed E-state index contributed by atoms with van der Waals surface area (Å²) in [6.07, 6.45) is 1.21. The Balaban J connectivity index is 1.87. The Morgan fingerprint density at radius 1 is 1.27 bits per heavy atom. The highest BCUT2D eigenvalue weighted by molar-refractivity contribution is 6.09. The number of benzene rings is 2. The number of amides is 1. The molecule has 1 aromatic heterocycles. The number of para-hydroxylation sites is 1. The van der Waals surface area contributed by atoms with E-state index in [-0.39, 0.29) is 28.5 Å². The van der Waals surface area contributed by atoms with Gasteiger partial charge in [-0.1, -0.05) is 12.1 Å². The fraction of sp³-hybridized carbons (Fsp3) is 0.0476. The number of non-ortho nitro benzene ring substituents is 1. The second kappa shape index (κ2) is 8.70. The van der Waals surface area contributed by atoms with Crippen molar-refractivity contribution in [2.24, 2.45) is 0 Å². The molecule has 0 fully saturated rings.